The van der Waals surface area contributed by atoms with E-state index in [4.69, 9.17) is 10.5 Å². The van der Waals surface area contributed by atoms with Gasteiger partial charge in [-0.2, -0.15) is 0 Å². The minimum atomic E-state index is -0.489. The predicted octanol–water partition coefficient (Wildman–Crippen LogP) is 4.77. The molecule has 29 heavy (non-hydrogen) atoms. The summed E-state index contributed by atoms with van der Waals surface area (Å²) in [6.07, 6.45) is 11.4. The maximum atomic E-state index is 11.1. The SMILES string of the molecule is NC(=O)c1ccc(Oc2ccc(CN3CCCC(C4CCCCC4)C3)cc2)nc1. The second-order valence-electron chi connectivity index (χ2n) is 8.53. The van der Waals surface area contributed by atoms with Crippen molar-refractivity contribution < 1.29 is 9.53 Å². The van der Waals surface area contributed by atoms with Crippen molar-refractivity contribution in [3.05, 3.63) is 53.7 Å². The van der Waals surface area contributed by atoms with Crippen LogP contribution in [0.2, 0.25) is 0 Å². The standard InChI is InChI=1S/C24H31N3O2/c25-24(28)20-10-13-23(26-15-20)29-22-11-8-18(9-12-22)16-27-14-4-7-21(17-27)19-5-2-1-3-6-19/h8-13,15,19,21H,1-7,14,16-17H2,(H2,25,28). The number of benzene rings is 1. The minimum absolute atomic E-state index is 0.376. The van der Waals surface area contributed by atoms with Crippen molar-refractivity contribution in [2.75, 3.05) is 13.1 Å². The first kappa shape index (κ1) is 19.9. The topological polar surface area (TPSA) is 68.5 Å². The number of hydrogen-bond donors (Lipinski definition) is 1. The van der Waals surface area contributed by atoms with Gasteiger partial charge in [0.2, 0.25) is 11.8 Å². The van der Waals surface area contributed by atoms with Crippen molar-refractivity contribution in [3.8, 4) is 11.6 Å². The quantitative estimate of drug-likeness (QED) is 0.768. The number of likely N-dealkylation sites (tertiary alicyclic amines) is 1. The number of nitrogens with two attached hydrogens (primary N) is 1. The first-order chi connectivity index (χ1) is 14.2. The van der Waals surface area contributed by atoms with Crippen molar-refractivity contribution in [3.63, 3.8) is 0 Å². The van der Waals surface area contributed by atoms with Crippen molar-refractivity contribution in [2.45, 2.75) is 51.5 Å². The third-order valence-electron chi connectivity index (χ3n) is 6.43. The molecule has 1 unspecified atom stereocenters. The summed E-state index contributed by atoms with van der Waals surface area (Å²) in [6.45, 7) is 3.46. The second kappa shape index (κ2) is 9.40. The molecule has 1 saturated carbocycles. The fraction of sp³-hybridized carbons (Fsp3) is 0.500. The summed E-state index contributed by atoms with van der Waals surface area (Å²) in [6, 6.07) is 11.5. The predicted molar refractivity (Wildman–Crippen MR) is 114 cm³/mol. The molecule has 1 saturated heterocycles. The lowest BCUT2D eigenvalue weighted by Crippen LogP contribution is -2.38. The van der Waals surface area contributed by atoms with E-state index in [0.717, 1.165) is 24.1 Å². The Morgan fingerprint density at radius 3 is 2.45 bits per heavy atom. The molecular formula is C24H31N3O2. The Morgan fingerprint density at radius 1 is 1.00 bits per heavy atom. The highest BCUT2D eigenvalue weighted by Crippen LogP contribution is 2.35. The van der Waals surface area contributed by atoms with Crippen molar-refractivity contribution >= 4 is 5.91 Å². The van der Waals surface area contributed by atoms with Gasteiger partial charge in [0, 0.05) is 25.4 Å². The summed E-state index contributed by atoms with van der Waals surface area (Å²) in [5.74, 6) is 2.55. The highest BCUT2D eigenvalue weighted by molar-refractivity contribution is 5.92. The molecule has 154 valence electrons. The van der Waals surface area contributed by atoms with Crippen molar-refractivity contribution in [1.82, 2.24) is 9.88 Å². The molecule has 0 radical (unpaired) electrons. The highest BCUT2D eigenvalue weighted by Gasteiger charge is 2.28. The van der Waals surface area contributed by atoms with Crippen LogP contribution in [0.15, 0.2) is 42.6 Å². The molecule has 5 heteroatoms. The summed E-state index contributed by atoms with van der Waals surface area (Å²) < 4.78 is 5.78. The van der Waals surface area contributed by atoms with Gasteiger partial charge in [-0.3, -0.25) is 9.69 Å². The van der Waals surface area contributed by atoms with Crippen LogP contribution in [0.1, 0.15) is 60.9 Å². The Morgan fingerprint density at radius 2 is 1.76 bits per heavy atom. The molecule has 2 aliphatic rings. The van der Waals surface area contributed by atoms with Gasteiger partial charge in [-0.1, -0.05) is 44.2 Å². The van der Waals surface area contributed by atoms with Gasteiger partial charge in [-0.05, 0) is 55.0 Å². The van der Waals surface area contributed by atoms with Crippen LogP contribution in [0, 0.1) is 11.8 Å². The Bertz CT molecular complexity index is 798. The number of carbonyl (C=O) groups is 1. The molecule has 0 bridgehead atoms. The molecule has 1 aliphatic carbocycles. The Hall–Kier alpha value is -2.40. The molecule has 2 N–H and O–H groups in total. The fourth-order valence-corrected chi connectivity index (χ4v) is 4.85. The zero-order valence-electron chi connectivity index (χ0n) is 17.1. The Kier molecular flexibility index (Phi) is 6.45. The van der Waals surface area contributed by atoms with E-state index in [1.807, 2.05) is 12.1 Å². The number of hydrogen-bond acceptors (Lipinski definition) is 4. The number of primary amides is 1. The lowest BCUT2D eigenvalue weighted by atomic mass is 9.76. The van der Waals surface area contributed by atoms with Crippen LogP contribution in [0.25, 0.3) is 0 Å². The van der Waals surface area contributed by atoms with Gasteiger partial charge in [0.05, 0.1) is 5.56 Å². The van der Waals surface area contributed by atoms with Crippen LogP contribution in [0.5, 0.6) is 11.6 Å². The van der Waals surface area contributed by atoms with E-state index in [2.05, 4.69) is 22.0 Å². The van der Waals surface area contributed by atoms with Gasteiger partial charge < -0.3 is 10.5 Å². The Balaban J connectivity index is 1.31. The average Bonchev–Trinajstić information content (AvgIpc) is 2.76. The van der Waals surface area contributed by atoms with E-state index in [0.29, 0.717) is 11.4 Å². The van der Waals surface area contributed by atoms with Crippen molar-refractivity contribution in [1.29, 1.82) is 0 Å². The van der Waals surface area contributed by atoms with Gasteiger partial charge >= 0.3 is 0 Å². The molecule has 2 fully saturated rings. The molecule has 1 aliphatic heterocycles. The lowest BCUT2D eigenvalue weighted by molar-refractivity contribution is 0.1000. The number of aromatic nitrogens is 1. The average molecular weight is 394 g/mol. The number of piperidine rings is 1. The largest absolute Gasteiger partial charge is 0.439 e. The van der Waals surface area contributed by atoms with E-state index < -0.39 is 5.91 Å². The highest BCUT2D eigenvalue weighted by atomic mass is 16.5. The van der Waals surface area contributed by atoms with Crippen LogP contribution >= 0.6 is 0 Å². The zero-order chi connectivity index (χ0) is 20.1. The number of pyridine rings is 1. The van der Waals surface area contributed by atoms with Crippen LogP contribution in [-0.2, 0) is 6.54 Å². The third kappa shape index (κ3) is 5.36. The summed E-state index contributed by atoms with van der Waals surface area (Å²) in [4.78, 5) is 17.9. The number of nitrogens with zero attached hydrogens (tertiary/aromatic N) is 2. The maximum Gasteiger partial charge on any atom is 0.250 e. The molecule has 4 rings (SSSR count). The third-order valence-corrected chi connectivity index (χ3v) is 6.43. The molecular weight excluding hydrogens is 362 g/mol. The number of ether oxygens (including phenoxy) is 1. The molecule has 5 nitrogen and oxygen atoms in total. The molecule has 1 aromatic heterocycles. The molecule has 2 aromatic rings. The maximum absolute atomic E-state index is 11.1. The van der Waals surface area contributed by atoms with Gasteiger partial charge in [-0.15, -0.1) is 0 Å². The van der Waals surface area contributed by atoms with E-state index in [9.17, 15) is 4.79 Å². The molecule has 1 atom stereocenters. The van der Waals surface area contributed by atoms with Gasteiger partial charge in [0.15, 0.2) is 0 Å². The summed E-state index contributed by atoms with van der Waals surface area (Å²) in [5, 5.41) is 0. The summed E-state index contributed by atoms with van der Waals surface area (Å²) in [5.41, 5.74) is 6.93. The van der Waals surface area contributed by atoms with Crippen LogP contribution < -0.4 is 10.5 Å². The Labute approximate surface area is 173 Å². The van der Waals surface area contributed by atoms with E-state index in [1.165, 1.54) is 69.8 Å². The minimum Gasteiger partial charge on any atom is -0.439 e. The fourth-order valence-electron chi connectivity index (χ4n) is 4.85. The first-order valence-corrected chi connectivity index (χ1v) is 10.9. The smallest absolute Gasteiger partial charge is 0.250 e. The van der Waals surface area contributed by atoms with Gasteiger partial charge in [0.1, 0.15) is 5.75 Å². The van der Waals surface area contributed by atoms with Crippen LogP contribution in [0.4, 0.5) is 0 Å². The molecule has 1 aromatic carbocycles. The van der Waals surface area contributed by atoms with E-state index in [-0.39, 0.29) is 0 Å². The lowest BCUT2D eigenvalue weighted by Gasteiger charge is -2.38. The number of rotatable bonds is 6. The van der Waals surface area contributed by atoms with Crippen LogP contribution in [-0.4, -0.2) is 28.9 Å². The van der Waals surface area contributed by atoms with Gasteiger partial charge in [0.25, 0.3) is 0 Å². The molecule has 1 amide bonds. The molecule has 2 heterocycles. The van der Waals surface area contributed by atoms with Crippen LogP contribution in [0.3, 0.4) is 0 Å². The van der Waals surface area contributed by atoms with Crippen molar-refractivity contribution in [2.24, 2.45) is 17.6 Å². The summed E-state index contributed by atoms with van der Waals surface area (Å²) in [7, 11) is 0. The number of amides is 1. The monoisotopic (exact) mass is 393 g/mol. The van der Waals surface area contributed by atoms with Gasteiger partial charge in [-0.25, -0.2) is 4.98 Å². The van der Waals surface area contributed by atoms with E-state index in [1.54, 1.807) is 12.1 Å². The number of carbonyl (C=O) groups excluding carboxylic acids is 1. The zero-order valence-corrected chi connectivity index (χ0v) is 17.1. The summed E-state index contributed by atoms with van der Waals surface area (Å²) >= 11 is 0. The second-order valence-corrected chi connectivity index (χ2v) is 8.53. The molecule has 0 spiro atoms. The normalized spacial score (nSPS) is 21.0. The first-order valence-electron chi connectivity index (χ1n) is 10.9. The van der Waals surface area contributed by atoms with E-state index >= 15 is 0 Å².